The molecule has 106 valence electrons. The van der Waals surface area contributed by atoms with Gasteiger partial charge >= 0.3 is 0 Å². The van der Waals surface area contributed by atoms with Gasteiger partial charge in [-0.15, -0.1) is 0 Å². The van der Waals surface area contributed by atoms with Gasteiger partial charge in [0, 0.05) is 6.61 Å². The van der Waals surface area contributed by atoms with Crippen LogP contribution in [0.2, 0.25) is 0 Å². The van der Waals surface area contributed by atoms with Crippen LogP contribution < -0.4 is 0 Å². The van der Waals surface area contributed by atoms with Crippen LogP contribution in [-0.4, -0.2) is 11.7 Å². The van der Waals surface area contributed by atoms with E-state index in [0.29, 0.717) is 12.0 Å². The zero-order valence-corrected chi connectivity index (χ0v) is 12.3. The fourth-order valence-electron chi connectivity index (χ4n) is 4.44. The summed E-state index contributed by atoms with van der Waals surface area (Å²) < 4.78 is 0. The van der Waals surface area contributed by atoms with Gasteiger partial charge in [0.15, 0.2) is 0 Å². The molecule has 0 bridgehead atoms. The van der Waals surface area contributed by atoms with Gasteiger partial charge in [0.1, 0.15) is 0 Å². The second-order valence-electron chi connectivity index (χ2n) is 6.94. The fourth-order valence-corrected chi connectivity index (χ4v) is 4.44. The monoisotopic (exact) mass is 252 g/mol. The molecule has 0 aliphatic heterocycles. The average molecular weight is 252 g/mol. The first-order valence-corrected chi connectivity index (χ1v) is 8.41. The Morgan fingerprint density at radius 1 is 1.00 bits per heavy atom. The van der Waals surface area contributed by atoms with Gasteiger partial charge in [-0.3, -0.25) is 0 Å². The summed E-state index contributed by atoms with van der Waals surface area (Å²) in [4.78, 5) is 0. The third-order valence-corrected chi connectivity index (χ3v) is 5.85. The molecule has 0 spiro atoms. The molecule has 1 heteroatoms. The Labute approximate surface area is 113 Å². The molecule has 2 saturated carbocycles. The van der Waals surface area contributed by atoms with Crippen LogP contribution in [0.3, 0.4) is 0 Å². The van der Waals surface area contributed by atoms with Crippen molar-refractivity contribution in [2.45, 2.75) is 84.0 Å². The van der Waals surface area contributed by atoms with Crippen molar-refractivity contribution >= 4 is 0 Å². The van der Waals surface area contributed by atoms with Crippen LogP contribution in [0.4, 0.5) is 0 Å². The Hall–Kier alpha value is -0.0400. The molecule has 2 rings (SSSR count). The third kappa shape index (κ3) is 3.29. The SMILES string of the molecule is CCCCC1CCC(CO)(C2CCCCC2)CC1. The van der Waals surface area contributed by atoms with Gasteiger partial charge in [-0.05, 0) is 55.8 Å². The summed E-state index contributed by atoms with van der Waals surface area (Å²) in [5, 5.41) is 9.96. The van der Waals surface area contributed by atoms with E-state index < -0.39 is 0 Å². The lowest BCUT2D eigenvalue weighted by Gasteiger charge is -2.46. The Bertz CT molecular complexity index is 222. The van der Waals surface area contributed by atoms with Crippen molar-refractivity contribution in [3.63, 3.8) is 0 Å². The highest BCUT2D eigenvalue weighted by Gasteiger charge is 2.41. The van der Waals surface area contributed by atoms with E-state index in [2.05, 4.69) is 6.92 Å². The van der Waals surface area contributed by atoms with Gasteiger partial charge in [0.2, 0.25) is 0 Å². The molecule has 0 saturated heterocycles. The highest BCUT2D eigenvalue weighted by Crippen LogP contribution is 2.49. The molecule has 0 unspecified atom stereocenters. The van der Waals surface area contributed by atoms with Gasteiger partial charge in [-0.2, -0.15) is 0 Å². The van der Waals surface area contributed by atoms with Crippen molar-refractivity contribution in [1.82, 2.24) is 0 Å². The van der Waals surface area contributed by atoms with E-state index in [1.807, 2.05) is 0 Å². The van der Waals surface area contributed by atoms with E-state index in [4.69, 9.17) is 0 Å². The van der Waals surface area contributed by atoms with Gasteiger partial charge in [0.25, 0.3) is 0 Å². The molecule has 2 aliphatic carbocycles. The molecule has 2 fully saturated rings. The zero-order valence-electron chi connectivity index (χ0n) is 12.3. The van der Waals surface area contributed by atoms with Gasteiger partial charge in [-0.1, -0.05) is 45.4 Å². The van der Waals surface area contributed by atoms with Crippen molar-refractivity contribution in [3.05, 3.63) is 0 Å². The predicted molar refractivity (Wildman–Crippen MR) is 77.6 cm³/mol. The van der Waals surface area contributed by atoms with E-state index in [-0.39, 0.29) is 0 Å². The maximum Gasteiger partial charge on any atom is 0.0490 e. The third-order valence-electron chi connectivity index (χ3n) is 5.85. The van der Waals surface area contributed by atoms with Crippen molar-refractivity contribution < 1.29 is 5.11 Å². The van der Waals surface area contributed by atoms with E-state index in [9.17, 15) is 5.11 Å². The number of aliphatic hydroxyl groups excluding tert-OH is 1. The molecule has 0 aromatic heterocycles. The fraction of sp³-hybridized carbons (Fsp3) is 1.00. The molecular weight excluding hydrogens is 220 g/mol. The summed E-state index contributed by atoms with van der Waals surface area (Å²) in [6, 6.07) is 0. The Morgan fingerprint density at radius 2 is 1.67 bits per heavy atom. The first-order chi connectivity index (χ1) is 8.80. The number of rotatable bonds is 5. The van der Waals surface area contributed by atoms with Crippen LogP contribution in [0.1, 0.15) is 84.0 Å². The van der Waals surface area contributed by atoms with E-state index in [1.165, 1.54) is 77.0 Å². The van der Waals surface area contributed by atoms with Crippen molar-refractivity contribution in [2.75, 3.05) is 6.61 Å². The standard InChI is InChI=1S/C17H32O/c1-2-3-7-15-10-12-17(14-18,13-11-15)16-8-5-4-6-9-16/h15-16,18H,2-14H2,1H3. The largest absolute Gasteiger partial charge is 0.396 e. The van der Waals surface area contributed by atoms with Crippen LogP contribution in [0.15, 0.2) is 0 Å². The zero-order chi connectivity index (χ0) is 12.8. The highest BCUT2D eigenvalue weighted by molar-refractivity contribution is 4.91. The normalized spacial score (nSPS) is 34.7. The lowest BCUT2D eigenvalue weighted by atomic mass is 9.60. The predicted octanol–water partition coefficient (Wildman–Crippen LogP) is 4.93. The number of unbranched alkanes of at least 4 members (excludes halogenated alkanes) is 1. The molecule has 2 aliphatic rings. The quantitative estimate of drug-likeness (QED) is 0.736. The molecule has 0 radical (unpaired) electrons. The van der Waals surface area contributed by atoms with Crippen LogP contribution >= 0.6 is 0 Å². The van der Waals surface area contributed by atoms with Crippen molar-refractivity contribution in [3.8, 4) is 0 Å². The molecule has 0 aromatic carbocycles. The van der Waals surface area contributed by atoms with Crippen LogP contribution in [0, 0.1) is 17.3 Å². The minimum absolute atomic E-state index is 0.323. The molecule has 0 atom stereocenters. The Morgan fingerprint density at radius 3 is 2.22 bits per heavy atom. The lowest BCUT2D eigenvalue weighted by Crippen LogP contribution is -2.39. The summed E-state index contributed by atoms with van der Waals surface area (Å²) in [6.45, 7) is 2.75. The maximum atomic E-state index is 9.96. The summed E-state index contributed by atoms with van der Waals surface area (Å²) in [5.41, 5.74) is 0.323. The van der Waals surface area contributed by atoms with E-state index >= 15 is 0 Å². The summed E-state index contributed by atoms with van der Waals surface area (Å²) in [5.74, 6) is 1.80. The summed E-state index contributed by atoms with van der Waals surface area (Å²) >= 11 is 0. The van der Waals surface area contributed by atoms with Crippen LogP contribution in [0.5, 0.6) is 0 Å². The van der Waals surface area contributed by atoms with Crippen molar-refractivity contribution in [1.29, 1.82) is 0 Å². The molecule has 18 heavy (non-hydrogen) atoms. The number of hydrogen-bond acceptors (Lipinski definition) is 1. The highest BCUT2D eigenvalue weighted by atomic mass is 16.3. The number of hydrogen-bond donors (Lipinski definition) is 1. The minimum atomic E-state index is 0.323. The molecule has 1 nitrogen and oxygen atoms in total. The van der Waals surface area contributed by atoms with Crippen LogP contribution in [0.25, 0.3) is 0 Å². The maximum absolute atomic E-state index is 9.96. The lowest BCUT2D eigenvalue weighted by molar-refractivity contribution is -0.00719. The molecule has 0 aromatic rings. The average Bonchev–Trinajstić information content (AvgIpc) is 2.46. The first kappa shape index (κ1) is 14.4. The molecule has 0 amide bonds. The van der Waals surface area contributed by atoms with Crippen LogP contribution in [-0.2, 0) is 0 Å². The van der Waals surface area contributed by atoms with Gasteiger partial charge in [-0.25, -0.2) is 0 Å². The Kier molecular flexibility index (Phi) is 5.54. The minimum Gasteiger partial charge on any atom is -0.396 e. The van der Waals surface area contributed by atoms with Gasteiger partial charge in [0.05, 0.1) is 0 Å². The topological polar surface area (TPSA) is 20.2 Å². The summed E-state index contributed by atoms with van der Waals surface area (Å²) in [6.07, 6.45) is 16.6. The molecular formula is C17H32O. The Balaban J connectivity index is 1.86. The number of aliphatic hydroxyl groups is 1. The second kappa shape index (κ2) is 6.93. The summed E-state index contributed by atoms with van der Waals surface area (Å²) in [7, 11) is 0. The van der Waals surface area contributed by atoms with Crippen molar-refractivity contribution in [2.24, 2.45) is 17.3 Å². The van der Waals surface area contributed by atoms with E-state index in [0.717, 1.165) is 11.8 Å². The molecule has 1 N–H and O–H groups in total. The molecule has 0 heterocycles. The van der Waals surface area contributed by atoms with E-state index in [1.54, 1.807) is 0 Å². The smallest absolute Gasteiger partial charge is 0.0490 e. The second-order valence-corrected chi connectivity index (χ2v) is 6.94. The first-order valence-electron chi connectivity index (χ1n) is 8.41. The van der Waals surface area contributed by atoms with Gasteiger partial charge < -0.3 is 5.11 Å².